The summed E-state index contributed by atoms with van der Waals surface area (Å²) in [5.74, 6) is 0.0660. The predicted molar refractivity (Wildman–Crippen MR) is 68.7 cm³/mol. The molecule has 1 aromatic carbocycles. The highest BCUT2D eigenvalue weighted by Gasteiger charge is 2.06. The summed E-state index contributed by atoms with van der Waals surface area (Å²) in [4.78, 5) is 11.0. The molecule has 0 unspecified atom stereocenters. The molecule has 5 heteroatoms. The molecule has 0 aliphatic rings. The Morgan fingerprint density at radius 3 is 2.44 bits per heavy atom. The van der Waals surface area contributed by atoms with Crippen molar-refractivity contribution in [2.45, 2.75) is 6.42 Å². The van der Waals surface area contributed by atoms with E-state index in [-0.39, 0.29) is 5.71 Å². The van der Waals surface area contributed by atoms with E-state index in [1.165, 1.54) is 13.2 Å². The molecular formula is C13H16N2O3. The van der Waals surface area contributed by atoms with Crippen LogP contribution in [0.15, 0.2) is 36.0 Å². The Morgan fingerprint density at radius 2 is 1.94 bits per heavy atom. The van der Waals surface area contributed by atoms with Crippen molar-refractivity contribution in [2.75, 3.05) is 14.2 Å². The lowest BCUT2D eigenvalue weighted by Crippen LogP contribution is -2.14. The summed E-state index contributed by atoms with van der Waals surface area (Å²) in [5.41, 5.74) is 6.89. The van der Waals surface area contributed by atoms with Gasteiger partial charge in [-0.3, -0.25) is 5.41 Å². The fourth-order valence-corrected chi connectivity index (χ4v) is 1.38. The lowest BCUT2D eigenvalue weighted by Gasteiger charge is -2.04. The number of carbonyl (C=O) groups excluding carboxylic acids is 1. The highest BCUT2D eigenvalue weighted by Crippen LogP contribution is 2.13. The normalized spacial score (nSPS) is 10.9. The first kappa shape index (κ1) is 13.8. The number of hydrogen-bond acceptors (Lipinski definition) is 5. The van der Waals surface area contributed by atoms with Crippen LogP contribution in [0.25, 0.3) is 0 Å². The second-order valence-corrected chi connectivity index (χ2v) is 3.65. The smallest absolute Gasteiger partial charge is 0.355 e. The molecule has 0 atom stereocenters. The van der Waals surface area contributed by atoms with Gasteiger partial charge in [0.2, 0.25) is 0 Å². The number of benzene rings is 1. The minimum Gasteiger partial charge on any atom is -0.497 e. The zero-order chi connectivity index (χ0) is 13.5. The average Bonchev–Trinajstić information content (AvgIpc) is 2.38. The van der Waals surface area contributed by atoms with Crippen molar-refractivity contribution in [3.05, 3.63) is 41.6 Å². The van der Waals surface area contributed by atoms with E-state index >= 15 is 0 Å². The molecule has 3 N–H and O–H groups in total. The lowest BCUT2D eigenvalue weighted by molar-refractivity contribution is -0.132. The highest BCUT2D eigenvalue weighted by atomic mass is 16.5. The summed E-state index contributed by atoms with van der Waals surface area (Å²) in [6.45, 7) is 0. The number of rotatable bonds is 5. The van der Waals surface area contributed by atoms with Crippen molar-refractivity contribution in [1.82, 2.24) is 0 Å². The van der Waals surface area contributed by atoms with Crippen LogP contribution in [0.5, 0.6) is 5.75 Å². The molecule has 5 nitrogen and oxygen atoms in total. The number of methoxy groups -OCH3 is 2. The maximum Gasteiger partial charge on any atom is 0.355 e. The molecule has 0 amide bonds. The van der Waals surface area contributed by atoms with E-state index in [4.69, 9.17) is 15.9 Å². The number of allylic oxidation sites excluding steroid dienone is 1. The monoisotopic (exact) mass is 248 g/mol. The molecule has 0 saturated carbocycles. The number of ether oxygens (including phenoxy) is 2. The Balaban J connectivity index is 2.68. The van der Waals surface area contributed by atoms with E-state index in [0.717, 1.165) is 11.3 Å². The summed E-state index contributed by atoms with van der Waals surface area (Å²) in [6.07, 6.45) is 1.76. The van der Waals surface area contributed by atoms with Crippen LogP contribution in [0.4, 0.5) is 0 Å². The topological polar surface area (TPSA) is 85.4 Å². The molecule has 96 valence electrons. The first-order chi connectivity index (χ1) is 8.56. The van der Waals surface area contributed by atoms with E-state index in [9.17, 15) is 4.79 Å². The Labute approximate surface area is 106 Å². The van der Waals surface area contributed by atoms with Gasteiger partial charge in [-0.2, -0.15) is 0 Å². The van der Waals surface area contributed by atoms with Crippen LogP contribution >= 0.6 is 0 Å². The summed E-state index contributed by atoms with van der Waals surface area (Å²) >= 11 is 0. The molecule has 0 saturated heterocycles. The summed E-state index contributed by atoms with van der Waals surface area (Å²) in [5, 5.41) is 7.40. The van der Waals surface area contributed by atoms with E-state index in [2.05, 4.69) is 4.74 Å². The van der Waals surface area contributed by atoms with Gasteiger partial charge in [-0.25, -0.2) is 4.79 Å². The van der Waals surface area contributed by atoms with Crippen molar-refractivity contribution < 1.29 is 14.3 Å². The van der Waals surface area contributed by atoms with Gasteiger partial charge in [0.05, 0.1) is 14.2 Å². The van der Waals surface area contributed by atoms with Gasteiger partial charge in [-0.05, 0) is 23.8 Å². The van der Waals surface area contributed by atoms with Gasteiger partial charge in [0.1, 0.15) is 11.5 Å². The third-order valence-electron chi connectivity index (χ3n) is 2.30. The zero-order valence-corrected chi connectivity index (χ0v) is 10.4. The molecule has 0 radical (unpaired) electrons. The molecule has 1 rings (SSSR count). The third-order valence-corrected chi connectivity index (χ3v) is 2.30. The SMILES string of the molecule is COC(=O)C(=N)/C=C(\N)Cc1ccc(OC)cc1. The molecule has 0 aliphatic carbocycles. The summed E-state index contributed by atoms with van der Waals surface area (Å²) in [7, 11) is 2.82. The molecule has 0 bridgehead atoms. The Hall–Kier alpha value is -2.30. The Morgan fingerprint density at radius 1 is 1.33 bits per heavy atom. The minimum absolute atomic E-state index is 0.261. The largest absolute Gasteiger partial charge is 0.497 e. The first-order valence-electron chi connectivity index (χ1n) is 5.32. The number of nitrogens with two attached hydrogens (primary N) is 1. The summed E-state index contributed by atoms with van der Waals surface area (Å²) in [6, 6.07) is 7.41. The molecule has 0 aliphatic heterocycles. The van der Waals surface area contributed by atoms with Gasteiger partial charge < -0.3 is 15.2 Å². The highest BCUT2D eigenvalue weighted by molar-refractivity contribution is 6.39. The second kappa shape index (κ2) is 6.44. The van der Waals surface area contributed by atoms with Crippen LogP contribution in [0, 0.1) is 5.41 Å². The maximum absolute atomic E-state index is 11.0. The van der Waals surface area contributed by atoms with Crippen molar-refractivity contribution in [2.24, 2.45) is 5.73 Å². The fourth-order valence-electron chi connectivity index (χ4n) is 1.38. The summed E-state index contributed by atoms with van der Waals surface area (Å²) < 4.78 is 9.46. The van der Waals surface area contributed by atoms with Gasteiger partial charge in [-0.15, -0.1) is 0 Å². The van der Waals surface area contributed by atoms with Crippen molar-refractivity contribution in [3.8, 4) is 5.75 Å². The van der Waals surface area contributed by atoms with Gasteiger partial charge in [0.15, 0.2) is 0 Å². The second-order valence-electron chi connectivity index (χ2n) is 3.65. The molecule has 0 fully saturated rings. The maximum atomic E-state index is 11.0. The van der Waals surface area contributed by atoms with Crippen molar-refractivity contribution in [3.63, 3.8) is 0 Å². The molecule has 0 spiro atoms. The van der Waals surface area contributed by atoms with Crippen molar-refractivity contribution >= 4 is 11.7 Å². The number of carbonyl (C=O) groups is 1. The molecule has 0 heterocycles. The van der Waals surface area contributed by atoms with Crippen LogP contribution in [-0.4, -0.2) is 25.9 Å². The lowest BCUT2D eigenvalue weighted by atomic mass is 10.1. The third kappa shape index (κ3) is 3.93. The predicted octanol–water partition coefficient (Wildman–Crippen LogP) is 1.27. The molecule has 1 aromatic rings. The number of hydrogen-bond donors (Lipinski definition) is 2. The molecular weight excluding hydrogens is 232 g/mol. The average molecular weight is 248 g/mol. The first-order valence-corrected chi connectivity index (χ1v) is 5.32. The van der Waals surface area contributed by atoms with Crippen LogP contribution < -0.4 is 10.5 Å². The Kier molecular flexibility index (Phi) is 4.92. The van der Waals surface area contributed by atoms with E-state index in [1.54, 1.807) is 7.11 Å². The van der Waals surface area contributed by atoms with Gasteiger partial charge in [0, 0.05) is 12.1 Å². The van der Waals surface area contributed by atoms with Crippen LogP contribution in [0.1, 0.15) is 5.56 Å². The van der Waals surface area contributed by atoms with E-state index < -0.39 is 5.97 Å². The quantitative estimate of drug-likeness (QED) is 0.607. The van der Waals surface area contributed by atoms with E-state index in [1.807, 2.05) is 24.3 Å². The van der Waals surface area contributed by atoms with Gasteiger partial charge in [0.25, 0.3) is 0 Å². The number of esters is 1. The molecule has 18 heavy (non-hydrogen) atoms. The fraction of sp³-hybridized carbons (Fsp3) is 0.231. The van der Waals surface area contributed by atoms with Crippen molar-refractivity contribution in [1.29, 1.82) is 5.41 Å². The minimum atomic E-state index is -0.701. The van der Waals surface area contributed by atoms with Crippen LogP contribution in [-0.2, 0) is 16.0 Å². The zero-order valence-electron chi connectivity index (χ0n) is 10.4. The van der Waals surface area contributed by atoms with Crippen LogP contribution in [0.3, 0.4) is 0 Å². The Bertz CT molecular complexity index is 464. The van der Waals surface area contributed by atoms with Gasteiger partial charge in [-0.1, -0.05) is 12.1 Å². The van der Waals surface area contributed by atoms with Gasteiger partial charge >= 0.3 is 5.97 Å². The number of nitrogens with one attached hydrogen (secondary N) is 1. The standard InChI is InChI=1S/C13H16N2O3/c1-17-11-5-3-9(4-6-11)7-10(14)8-12(15)13(16)18-2/h3-6,8,15H,7,14H2,1-2H3/b10-8-,15-12?. The van der Waals surface area contributed by atoms with E-state index in [0.29, 0.717) is 12.1 Å². The molecule has 0 aromatic heterocycles. The van der Waals surface area contributed by atoms with Crippen LogP contribution in [0.2, 0.25) is 0 Å².